The van der Waals surface area contributed by atoms with Crippen molar-refractivity contribution >= 4 is 32.0 Å². The molecule has 0 aliphatic heterocycles. The fourth-order valence-corrected chi connectivity index (χ4v) is 4.44. The lowest BCUT2D eigenvalue weighted by Crippen LogP contribution is -2.06. The molecule has 0 atom stereocenters. The maximum absolute atomic E-state index is 12.8. The molecule has 0 saturated heterocycles. The van der Waals surface area contributed by atoms with E-state index in [4.69, 9.17) is 0 Å². The van der Waals surface area contributed by atoms with Gasteiger partial charge in [-0.15, -0.1) is 11.3 Å². The van der Waals surface area contributed by atoms with Crippen molar-refractivity contribution in [1.82, 2.24) is 4.98 Å². The average Bonchev–Trinajstić information content (AvgIpc) is 3.01. The summed E-state index contributed by atoms with van der Waals surface area (Å²) in [5, 5.41) is 4.68. The van der Waals surface area contributed by atoms with Gasteiger partial charge in [-0.25, -0.2) is 13.4 Å². The molecule has 0 fully saturated rings. The van der Waals surface area contributed by atoms with Crippen molar-refractivity contribution < 1.29 is 21.6 Å². The monoisotopic (exact) mass is 412 g/mol. The van der Waals surface area contributed by atoms with E-state index >= 15 is 0 Å². The number of sulfone groups is 1. The molecule has 0 bridgehead atoms. The average molecular weight is 412 g/mol. The van der Waals surface area contributed by atoms with E-state index in [2.05, 4.69) is 10.3 Å². The Morgan fingerprint density at radius 2 is 1.81 bits per heavy atom. The third kappa shape index (κ3) is 4.86. The highest BCUT2D eigenvalue weighted by Crippen LogP contribution is 2.32. The lowest BCUT2D eigenvalue weighted by atomic mass is 10.2. The number of aromatic nitrogens is 1. The van der Waals surface area contributed by atoms with Crippen LogP contribution in [-0.2, 0) is 21.8 Å². The largest absolute Gasteiger partial charge is 0.416 e. The number of thiazole rings is 1. The standard InChI is InChI=1S/C18H15F3N2O2S2/c1-12-5-7-16(8-6-12)27(24,25)11-15-10-26-17(23-15)22-14-4-2-3-13(9-14)18(19,20)21/h2-10H,11H2,1H3,(H,22,23). The lowest BCUT2D eigenvalue weighted by molar-refractivity contribution is -0.137. The Bertz CT molecular complexity index is 1040. The fourth-order valence-electron chi connectivity index (χ4n) is 2.35. The molecule has 0 aliphatic rings. The number of hydrogen-bond acceptors (Lipinski definition) is 5. The van der Waals surface area contributed by atoms with Gasteiger partial charge in [-0.2, -0.15) is 13.2 Å². The Kier molecular flexibility index (Phi) is 5.25. The molecular formula is C18H15F3N2O2S2. The molecule has 0 aliphatic carbocycles. The van der Waals surface area contributed by atoms with E-state index in [0.717, 1.165) is 29.0 Å². The highest BCUT2D eigenvalue weighted by atomic mass is 32.2. The molecule has 142 valence electrons. The van der Waals surface area contributed by atoms with Crippen LogP contribution in [0.4, 0.5) is 24.0 Å². The zero-order chi connectivity index (χ0) is 19.7. The Labute approximate surface area is 158 Å². The highest BCUT2D eigenvalue weighted by Gasteiger charge is 2.30. The van der Waals surface area contributed by atoms with Gasteiger partial charge in [0.15, 0.2) is 15.0 Å². The van der Waals surface area contributed by atoms with Gasteiger partial charge in [0.2, 0.25) is 0 Å². The lowest BCUT2D eigenvalue weighted by Gasteiger charge is -2.09. The molecule has 4 nitrogen and oxygen atoms in total. The van der Waals surface area contributed by atoms with Crippen LogP contribution in [-0.4, -0.2) is 13.4 Å². The van der Waals surface area contributed by atoms with Gasteiger partial charge >= 0.3 is 6.18 Å². The fraction of sp³-hybridized carbons (Fsp3) is 0.167. The first-order valence-electron chi connectivity index (χ1n) is 7.82. The van der Waals surface area contributed by atoms with Crippen LogP contribution in [0.2, 0.25) is 0 Å². The molecule has 1 heterocycles. The van der Waals surface area contributed by atoms with Crippen molar-refractivity contribution in [2.45, 2.75) is 23.7 Å². The smallest absolute Gasteiger partial charge is 0.332 e. The molecule has 0 spiro atoms. The summed E-state index contributed by atoms with van der Waals surface area (Å²) in [4.78, 5) is 4.37. The maximum Gasteiger partial charge on any atom is 0.416 e. The van der Waals surface area contributed by atoms with Gasteiger partial charge in [0, 0.05) is 11.1 Å². The molecule has 0 radical (unpaired) electrons. The third-order valence-corrected chi connectivity index (χ3v) is 6.18. The van der Waals surface area contributed by atoms with E-state index in [0.29, 0.717) is 10.8 Å². The van der Waals surface area contributed by atoms with Crippen molar-refractivity contribution in [2.75, 3.05) is 5.32 Å². The molecule has 1 aromatic heterocycles. The third-order valence-electron chi connectivity index (χ3n) is 3.71. The zero-order valence-electron chi connectivity index (χ0n) is 14.1. The molecule has 3 rings (SSSR count). The van der Waals surface area contributed by atoms with Crippen LogP contribution >= 0.6 is 11.3 Å². The van der Waals surface area contributed by atoms with Crippen LogP contribution in [0.25, 0.3) is 0 Å². The van der Waals surface area contributed by atoms with E-state index in [1.807, 2.05) is 6.92 Å². The Hall–Kier alpha value is -2.39. The summed E-state index contributed by atoms with van der Waals surface area (Å²) in [6.07, 6.45) is -4.44. The number of hydrogen-bond donors (Lipinski definition) is 1. The number of rotatable bonds is 5. The van der Waals surface area contributed by atoms with E-state index in [-0.39, 0.29) is 16.3 Å². The highest BCUT2D eigenvalue weighted by molar-refractivity contribution is 7.90. The van der Waals surface area contributed by atoms with Crippen molar-refractivity contribution in [3.05, 3.63) is 70.7 Å². The van der Waals surface area contributed by atoms with Crippen LogP contribution in [0.3, 0.4) is 0 Å². The van der Waals surface area contributed by atoms with Crippen LogP contribution in [0.5, 0.6) is 0 Å². The van der Waals surface area contributed by atoms with Crippen molar-refractivity contribution in [2.24, 2.45) is 0 Å². The molecule has 9 heteroatoms. The van der Waals surface area contributed by atoms with Crippen molar-refractivity contribution in [3.8, 4) is 0 Å². The van der Waals surface area contributed by atoms with E-state index in [1.54, 1.807) is 29.6 Å². The number of anilines is 2. The summed E-state index contributed by atoms with van der Waals surface area (Å²) in [6, 6.07) is 11.2. The Balaban J connectivity index is 1.75. The topological polar surface area (TPSA) is 59.1 Å². The summed E-state index contributed by atoms with van der Waals surface area (Å²) >= 11 is 1.13. The summed E-state index contributed by atoms with van der Waals surface area (Å²) in [5.41, 5.74) is 0.739. The molecule has 0 unspecified atom stereocenters. The number of benzene rings is 2. The molecule has 1 N–H and O–H groups in total. The minimum absolute atomic E-state index is 0.202. The first-order valence-corrected chi connectivity index (χ1v) is 10.3. The normalized spacial score (nSPS) is 12.1. The molecule has 0 saturated carbocycles. The Morgan fingerprint density at radius 3 is 2.48 bits per heavy atom. The van der Waals surface area contributed by atoms with Gasteiger partial charge in [-0.3, -0.25) is 0 Å². The number of aryl methyl sites for hydroxylation is 1. The summed E-state index contributed by atoms with van der Waals surface area (Å²) in [5.74, 6) is -0.281. The summed E-state index contributed by atoms with van der Waals surface area (Å²) < 4.78 is 63.2. The number of halogens is 3. The summed E-state index contributed by atoms with van der Waals surface area (Å²) in [7, 11) is -3.55. The van der Waals surface area contributed by atoms with Gasteiger partial charge < -0.3 is 5.32 Å². The predicted molar refractivity (Wildman–Crippen MR) is 98.9 cm³/mol. The SMILES string of the molecule is Cc1ccc(S(=O)(=O)Cc2csc(Nc3cccc(C(F)(F)F)c3)n2)cc1. The molecule has 0 amide bonds. The maximum atomic E-state index is 12.8. The number of alkyl halides is 3. The van der Waals surface area contributed by atoms with Crippen LogP contribution in [0.1, 0.15) is 16.8 Å². The van der Waals surface area contributed by atoms with Gasteiger partial charge in [-0.05, 0) is 37.3 Å². The molecule has 27 heavy (non-hydrogen) atoms. The Morgan fingerprint density at radius 1 is 1.11 bits per heavy atom. The van der Waals surface area contributed by atoms with Crippen LogP contribution < -0.4 is 5.32 Å². The minimum atomic E-state index is -4.44. The van der Waals surface area contributed by atoms with Crippen molar-refractivity contribution in [3.63, 3.8) is 0 Å². The van der Waals surface area contributed by atoms with E-state index in [1.165, 1.54) is 12.1 Å². The predicted octanol–water partition coefficient (Wildman–Crippen LogP) is 5.19. The zero-order valence-corrected chi connectivity index (χ0v) is 15.8. The second-order valence-electron chi connectivity index (χ2n) is 5.92. The van der Waals surface area contributed by atoms with E-state index < -0.39 is 21.6 Å². The molecule has 2 aromatic carbocycles. The first-order chi connectivity index (χ1) is 12.6. The van der Waals surface area contributed by atoms with Gasteiger partial charge in [0.05, 0.1) is 21.9 Å². The quantitative estimate of drug-likeness (QED) is 0.627. The van der Waals surface area contributed by atoms with Crippen LogP contribution in [0, 0.1) is 6.92 Å². The van der Waals surface area contributed by atoms with Crippen molar-refractivity contribution in [1.29, 1.82) is 0 Å². The minimum Gasteiger partial charge on any atom is -0.332 e. The number of nitrogens with zero attached hydrogens (tertiary/aromatic N) is 1. The number of nitrogens with one attached hydrogen (secondary N) is 1. The van der Waals surface area contributed by atoms with Crippen LogP contribution in [0.15, 0.2) is 58.8 Å². The van der Waals surface area contributed by atoms with Gasteiger partial charge in [0.25, 0.3) is 0 Å². The second-order valence-corrected chi connectivity index (χ2v) is 8.77. The van der Waals surface area contributed by atoms with Gasteiger partial charge in [0.1, 0.15) is 0 Å². The van der Waals surface area contributed by atoms with Gasteiger partial charge in [-0.1, -0.05) is 23.8 Å². The summed E-state index contributed by atoms with van der Waals surface area (Å²) in [6.45, 7) is 1.86. The second kappa shape index (κ2) is 7.32. The molecule has 3 aromatic rings. The van der Waals surface area contributed by atoms with E-state index in [9.17, 15) is 21.6 Å². The first kappa shape index (κ1) is 19.4. The molecular weight excluding hydrogens is 397 g/mol.